The number of aliphatic hydroxyl groups excluding tert-OH is 2. The van der Waals surface area contributed by atoms with Crippen LogP contribution in [0.4, 0.5) is 13.2 Å². The number of aromatic hydroxyl groups is 1. The number of fused-ring (bicyclic) bond motifs is 3. The molecule has 13 heteroatoms. The summed E-state index contributed by atoms with van der Waals surface area (Å²) in [5.74, 6) is -10.1. The lowest BCUT2D eigenvalue weighted by atomic mass is 9.58. The largest absolute Gasteiger partial charge is 0.507 e. The molecule has 1 fully saturated rings. The number of primary amides is 1. The lowest BCUT2D eigenvalue weighted by Gasteiger charge is -2.45. The second-order valence-corrected chi connectivity index (χ2v) is 8.11. The summed E-state index contributed by atoms with van der Waals surface area (Å²) < 4.78 is 40.8. The molecule has 3 aliphatic carbocycles. The van der Waals surface area contributed by atoms with E-state index in [1.54, 1.807) is 0 Å². The van der Waals surface area contributed by atoms with Crippen molar-refractivity contribution in [1.82, 2.24) is 0 Å². The summed E-state index contributed by atoms with van der Waals surface area (Å²) >= 11 is 0. The Bertz CT molecular complexity index is 1260. The highest BCUT2D eigenvalue weighted by Crippen LogP contribution is 2.52. The zero-order chi connectivity index (χ0) is 25.3. The summed E-state index contributed by atoms with van der Waals surface area (Å²) in [4.78, 5) is 42.8. The van der Waals surface area contributed by atoms with Gasteiger partial charge in [0, 0.05) is 5.57 Å². The van der Waals surface area contributed by atoms with Crippen molar-refractivity contribution >= 4 is 28.9 Å². The van der Waals surface area contributed by atoms with Crippen LogP contribution in [-0.2, 0) is 31.8 Å². The number of carbonyl (C=O) groups excluding carboxylic acids is 3. The lowest BCUT2D eigenvalue weighted by Crippen LogP contribution is -2.64. The van der Waals surface area contributed by atoms with Crippen LogP contribution in [0, 0.1) is 11.8 Å². The van der Waals surface area contributed by atoms with Crippen molar-refractivity contribution in [2.24, 2.45) is 22.7 Å². The maximum atomic E-state index is 13.6. The molecule has 6 N–H and O–H groups in total. The fourth-order valence-electron chi connectivity index (χ4n) is 4.96. The number of amides is 1. The highest BCUT2D eigenvalue weighted by Gasteiger charge is 2.64. The summed E-state index contributed by atoms with van der Waals surface area (Å²) in [6, 6.07) is 1.33. The third-order valence-corrected chi connectivity index (χ3v) is 6.38. The van der Waals surface area contributed by atoms with E-state index in [-0.39, 0.29) is 0 Å². The van der Waals surface area contributed by atoms with Crippen molar-refractivity contribution in [1.29, 1.82) is 0 Å². The van der Waals surface area contributed by atoms with Crippen molar-refractivity contribution < 1.29 is 52.8 Å². The Morgan fingerprint density at radius 2 is 1.82 bits per heavy atom. The predicted molar refractivity (Wildman–Crippen MR) is 106 cm³/mol. The minimum atomic E-state index is -4.85. The summed E-state index contributed by atoms with van der Waals surface area (Å²) in [6.45, 7) is 0. The number of aliphatic hydroxyl groups is 3. The van der Waals surface area contributed by atoms with E-state index in [0.29, 0.717) is 12.1 Å². The van der Waals surface area contributed by atoms with Gasteiger partial charge in [-0.3, -0.25) is 14.4 Å². The van der Waals surface area contributed by atoms with Crippen molar-refractivity contribution in [3.05, 3.63) is 45.7 Å². The number of hydrogen-bond donors (Lipinski definition) is 5. The number of oxime groups is 1. The minimum absolute atomic E-state index is 0.446. The SMILES string of the molecule is CO/N=C1\C(O)=C(C(N)=O)C(=O)[C@@]2(O)C(=O)C3=C(O)c4c(O)ccc(C(F)(F)F)c4C[C@H]3C[C@@H]12. The zero-order valence-electron chi connectivity index (χ0n) is 17.3. The highest BCUT2D eigenvalue weighted by molar-refractivity contribution is 6.38. The van der Waals surface area contributed by atoms with Crippen LogP contribution in [0.1, 0.15) is 23.1 Å². The van der Waals surface area contributed by atoms with Gasteiger partial charge in [0.2, 0.25) is 11.6 Å². The van der Waals surface area contributed by atoms with E-state index in [9.17, 15) is 48.0 Å². The first-order chi connectivity index (χ1) is 15.8. The Labute approximate surface area is 188 Å². The quantitative estimate of drug-likeness (QED) is 0.236. The average Bonchev–Trinajstić information content (AvgIpc) is 2.72. The van der Waals surface area contributed by atoms with Gasteiger partial charge in [0.05, 0.1) is 17.0 Å². The molecule has 0 unspecified atom stereocenters. The Morgan fingerprint density at radius 3 is 2.38 bits per heavy atom. The number of benzene rings is 1. The van der Waals surface area contributed by atoms with E-state index < -0.39 is 105 Å². The van der Waals surface area contributed by atoms with Gasteiger partial charge in [0.15, 0.2) is 11.4 Å². The molecule has 34 heavy (non-hydrogen) atoms. The van der Waals surface area contributed by atoms with Crippen LogP contribution in [0.5, 0.6) is 5.75 Å². The molecule has 1 amide bonds. The second-order valence-electron chi connectivity index (χ2n) is 8.11. The molecule has 0 bridgehead atoms. The van der Waals surface area contributed by atoms with Crippen LogP contribution in [0.3, 0.4) is 0 Å². The molecule has 1 saturated carbocycles. The molecular formula is C21H17F3N2O8. The molecule has 3 atom stereocenters. The molecule has 0 radical (unpaired) electrons. The van der Waals surface area contributed by atoms with E-state index in [1.165, 1.54) is 0 Å². The fourth-order valence-corrected chi connectivity index (χ4v) is 4.96. The number of phenolic OH excluding ortho intramolecular Hbond substituents is 1. The van der Waals surface area contributed by atoms with Gasteiger partial charge in [0.25, 0.3) is 5.91 Å². The van der Waals surface area contributed by atoms with Crippen molar-refractivity contribution in [2.45, 2.75) is 24.6 Å². The molecule has 0 spiro atoms. The monoisotopic (exact) mass is 482 g/mol. The first-order valence-electron chi connectivity index (χ1n) is 9.78. The molecule has 3 aliphatic rings. The molecule has 1 aromatic rings. The number of nitrogens with zero attached hydrogens (tertiary/aromatic N) is 1. The zero-order valence-corrected chi connectivity index (χ0v) is 17.3. The third kappa shape index (κ3) is 2.93. The van der Waals surface area contributed by atoms with Crippen LogP contribution in [-0.4, -0.2) is 56.3 Å². The standard InChI is InChI=1S/C21H17F3N2O8/c1-34-26-14-9-5-6-4-7-8(21(22,23)24)2-3-10(27)12(7)15(28)11(6)17(30)20(9,33)18(31)13(16(14)29)19(25)32/h2-3,6,9,27-29,33H,4-5H2,1H3,(H2,25,32)/b26-14-/t6-,9-,20-/m0/s1. The highest BCUT2D eigenvalue weighted by atomic mass is 19.4. The van der Waals surface area contributed by atoms with Gasteiger partial charge in [-0.2, -0.15) is 13.2 Å². The minimum Gasteiger partial charge on any atom is -0.507 e. The van der Waals surface area contributed by atoms with Crippen LogP contribution in [0.25, 0.3) is 5.76 Å². The molecule has 180 valence electrons. The molecule has 0 aromatic heterocycles. The number of ketones is 2. The number of alkyl halides is 3. The number of hydrogen-bond acceptors (Lipinski definition) is 9. The van der Waals surface area contributed by atoms with Crippen molar-refractivity contribution in [3.8, 4) is 5.75 Å². The fraction of sp³-hybridized carbons (Fsp3) is 0.333. The Kier molecular flexibility index (Phi) is 5.01. The van der Waals surface area contributed by atoms with Gasteiger partial charge in [0.1, 0.15) is 29.9 Å². The maximum Gasteiger partial charge on any atom is 0.416 e. The molecule has 0 aliphatic heterocycles. The maximum absolute atomic E-state index is 13.6. The number of Topliss-reactive ketones (excluding diaryl/α,β-unsaturated/α-hetero) is 2. The van der Waals surface area contributed by atoms with E-state index >= 15 is 0 Å². The van der Waals surface area contributed by atoms with Crippen LogP contribution in [0.15, 0.2) is 34.2 Å². The van der Waals surface area contributed by atoms with E-state index in [2.05, 4.69) is 9.99 Å². The first-order valence-corrected chi connectivity index (χ1v) is 9.78. The van der Waals surface area contributed by atoms with Crippen molar-refractivity contribution in [2.75, 3.05) is 7.11 Å². The summed E-state index contributed by atoms with van der Waals surface area (Å²) in [5.41, 5.74) is -2.53. The van der Waals surface area contributed by atoms with E-state index in [0.717, 1.165) is 7.11 Å². The average molecular weight is 482 g/mol. The van der Waals surface area contributed by atoms with Gasteiger partial charge in [-0.15, -0.1) is 0 Å². The molecule has 0 saturated heterocycles. The number of carbonyl (C=O) groups is 3. The second kappa shape index (κ2) is 7.32. The molecule has 0 heterocycles. The van der Waals surface area contributed by atoms with Gasteiger partial charge in [-0.25, -0.2) is 0 Å². The third-order valence-electron chi connectivity index (χ3n) is 6.38. The van der Waals surface area contributed by atoms with E-state index in [1.807, 2.05) is 0 Å². The van der Waals surface area contributed by atoms with Gasteiger partial charge >= 0.3 is 6.18 Å². The van der Waals surface area contributed by atoms with E-state index in [4.69, 9.17) is 5.73 Å². The normalized spacial score (nSPS) is 28.0. The number of halogens is 3. The molecule has 4 rings (SSSR count). The lowest BCUT2D eigenvalue weighted by molar-refractivity contribution is -0.153. The van der Waals surface area contributed by atoms with Gasteiger partial charge in [-0.1, -0.05) is 5.16 Å². The van der Waals surface area contributed by atoms with Crippen LogP contribution in [0.2, 0.25) is 0 Å². The summed E-state index contributed by atoms with van der Waals surface area (Å²) in [7, 11) is 1.04. The Morgan fingerprint density at radius 1 is 1.18 bits per heavy atom. The topological polar surface area (TPSA) is 180 Å². The van der Waals surface area contributed by atoms with Crippen molar-refractivity contribution in [3.63, 3.8) is 0 Å². The summed E-state index contributed by atoms with van der Waals surface area (Å²) in [5, 5.41) is 46.1. The molecule has 1 aromatic carbocycles. The number of allylic oxidation sites excluding steroid dienone is 1. The van der Waals surface area contributed by atoms with Crippen LogP contribution >= 0.6 is 0 Å². The summed E-state index contributed by atoms with van der Waals surface area (Å²) in [6.07, 6.45) is -5.80. The first kappa shape index (κ1) is 23.3. The molecule has 10 nitrogen and oxygen atoms in total. The van der Waals surface area contributed by atoms with Crippen LogP contribution < -0.4 is 5.73 Å². The number of rotatable bonds is 2. The van der Waals surface area contributed by atoms with Gasteiger partial charge < -0.3 is 31.0 Å². The van der Waals surface area contributed by atoms with Gasteiger partial charge in [-0.05, 0) is 36.5 Å². The predicted octanol–water partition coefficient (Wildman–Crippen LogP) is 1.06. The smallest absolute Gasteiger partial charge is 0.416 e. The Hall–Kier alpha value is -3.87. The number of phenols is 1. The number of nitrogens with two attached hydrogens (primary N) is 1. The Balaban J connectivity index is 1.99. The molecular weight excluding hydrogens is 465 g/mol.